The summed E-state index contributed by atoms with van der Waals surface area (Å²) in [4.78, 5) is 12.3. The minimum absolute atomic E-state index is 0.216. The van der Waals surface area contributed by atoms with Gasteiger partial charge in [-0.2, -0.15) is 0 Å². The quantitative estimate of drug-likeness (QED) is 0.904. The van der Waals surface area contributed by atoms with Crippen LogP contribution in [0.5, 0.6) is 5.75 Å². The number of benzene rings is 2. The lowest BCUT2D eigenvalue weighted by molar-refractivity contribution is -0.119. The Labute approximate surface area is 141 Å². The molecule has 3 rings (SSSR count). The molecule has 1 unspecified atom stereocenters. The predicted octanol–water partition coefficient (Wildman–Crippen LogP) is 3.62. The minimum Gasteiger partial charge on any atom is -0.488 e. The van der Waals surface area contributed by atoms with Crippen LogP contribution in [0.2, 0.25) is 0 Å². The molecule has 5 heteroatoms. The lowest BCUT2D eigenvalue weighted by Gasteiger charge is -2.33. The molecular weight excluding hydrogens is 304 g/mol. The van der Waals surface area contributed by atoms with Gasteiger partial charge in [0.25, 0.3) is 0 Å². The Hall–Kier alpha value is -2.53. The number of rotatable bonds is 3. The van der Waals surface area contributed by atoms with E-state index < -0.39 is 6.04 Å². The first kappa shape index (κ1) is 16.3. The van der Waals surface area contributed by atoms with E-state index in [0.29, 0.717) is 17.8 Å². The molecule has 0 aliphatic carbocycles. The first-order valence-electron chi connectivity index (χ1n) is 7.99. The SMILES string of the molecule is CC(C)(C)Oc1ccc(CC2C(=O)Nc3ccccc3N2O)cc1. The molecule has 0 bridgehead atoms. The van der Waals surface area contributed by atoms with Crippen molar-refractivity contribution in [2.24, 2.45) is 0 Å². The average Bonchev–Trinajstić information content (AvgIpc) is 2.51. The third-order valence-corrected chi connectivity index (χ3v) is 3.78. The van der Waals surface area contributed by atoms with Crippen LogP contribution >= 0.6 is 0 Å². The highest BCUT2D eigenvalue weighted by atomic mass is 16.5. The van der Waals surface area contributed by atoms with Crippen LogP contribution in [-0.4, -0.2) is 22.8 Å². The van der Waals surface area contributed by atoms with E-state index in [-0.39, 0.29) is 11.5 Å². The van der Waals surface area contributed by atoms with Crippen LogP contribution in [0.15, 0.2) is 48.5 Å². The van der Waals surface area contributed by atoms with Crippen molar-refractivity contribution in [2.45, 2.75) is 38.8 Å². The largest absolute Gasteiger partial charge is 0.488 e. The van der Waals surface area contributed by atoms with Gasteiger partial charge >= 0.3 is 0 Å². The normalized spacial score (nSPS) is 17.2. The molecule has 1 aliphatic heterocycles. The molecule has 0 saturated carbocycles. The molecule has 0 aromatic heterocycles. The zero-order chi connectivity index (χ0) is 17.3. The van der Waals surface area contributed by atoms with Gasteiger partial charge in [-0.25, -0.2) is 5.06 Å². The highest BCUT2D eigenvalue weighted by molar-refractivity contribution is 6.03. The van der Waals surface area contributed by atoms with Crippen LogP contribution in [0.25, 0.3) is 0 Å². The topological polar surface area (TPSA) is 61.8 Å². The summed E-state index contributed by atoms with van der Waals surface area (Å²) in [7, 11) is 0. The fourth-order valence-corrected chi connectivity index (χ4v) is 2.72. The summed E-state index contributed by atoms with van der Waals surface area (Å²) >= 11 is 0. The second-order valence-electron chi connectivity index (χ2n) is 6.93. The highest BCUT2D eigenvalue weighted by Gasteiger charge is 2.32. The Kier molecular flexibility index (Phi) is 4.20. The van der Waals surface area contributed by atoms with Gasteiger partial charge in [0.05, 0.1) is 11.4 Å². The highest BCUT2D eigenvalue weighted by Crippen LogP contribution is 2.31. The zero-order valence-corrected chi connectivity index (χ0v) is 14.1. The fraction of sp³-hybridized carbons (Fsp3) is 0.316. The summed E-state index contributed by atoms with van der Waals surface area (Å²) in [6.45, 7) is 5.98. The summed E-state index contributed by atoms with van der Waals surface area (Å²) in [6.07, 6.45) is 0.409. The molecule has 1 aliphatic rings. The second kappa shape index (κ2) is 6.17. The monoisotopic (exact) mass is 326 g/mol. The second-order valence-corrected chi connectivity index (χ2v) is 6.93. The number of nitrogens with one attached hydrogen (secondary N) is 1. The molecule has 24 heavy (non-hydrogen) atoms. The molecule has 1 atom stereocenters. The van der Waals surface area contributed by atoms with E-state index in [1.165, 1.54) is 0 Å². The maximum absolute atomic E-state index is 12.3. The van der Waals surface area contributed by atoms with Gasteiger partial charge < -0.3 is 10.1 Å². The summed E-state index contributed by atoms with van der Waals surface area (Å²) in [5.74, 6) is 0.566. The van der Waals surface area contributed by atoms with Gasteiger partial charge in [-0.1, -0.05) is 24.3 Å². The van der Waals surface area contributed by atoms with Crippen molar-refractivity contribution < 1.29 is 14.7 Å². The Morgan fingerprint density at radius 3 is 2.46 bits per heavy atom. The van der Waals surface area contributed by atoms with Crippen molar-refractivity contribution in [2.75, 3.05) is 10.4 Å². The number of amides is 1. The summed E-state index contributed by atoms with van der Waals surface area (Å²) < 4.78 is 5.80. The van der Waals surface area contributed by atoms with E-state index in [4.69, 9.17) is 4.74 Å². The van der Waals surface area contributed by atoms with Crippen LogP contribution in [-0.2, 0) is 11.2 Å². The summed E-state index contributed by atoms with van der Waals surface area (Å²) in [5, 5.41) is 14.3. The van der Waals surface area contributed by atoms with Crippen molar-refractivity contribution in [3.63, 3.8) is 0 Å². The molecule has 2 N–H and O–H groups in total. The summed E-state index contributed by atoms with van der Waals surface area (Å²) in [5.41, 5.74) is 1.93. The van der Waals surface area contributed by atoms with Gasteiger partial charge in [-0.15, -0.1) is 0 Å². The van der Waals surface area contributed by atoms with Crippen LogP contribution in [0.1, 0.15) is 26.3 Å². The molecule has 0 radical (unpaired) electrons. The van der Waals surface area contributed by atoms with E-state index in [9.17, 15) is 10.0 Å². The standard InChI is InChI=1S/C19H22N2O3/c1-19(2,3)24-14-10-8-13(9-11-14)12-17-18(22)20-15-6-4-5-7-16(15)21(17)23/h4-11,17,23H,12H2,1-3H3,(H,20,22). The molecule has 0 spiro atoms. The van der Waals surface area contributed by atoms with Gasteiger partial charge in [0.2, 0.25) is 5.91 Å². The maximum Gasteiger partial charge on any atom is 0.250 e. The molecule has 5 nitrogen and oxygen atoms in total. The van der Waals surface area contributed by atoms with Crippen LogP contribution in [0.4, 0.5) is 11.4 Å². The number of ether oxygens (including phenoxy) is 1. The van der Waals surface area contributed by atoms with Crippen LogP contribution in [0.3, 0.4) is 0 Å². The number of fused-ring (bicyclic) bond motifs is 1. The van der Waals surface area contributed by atoms with Crippen molar-refractivity contribution >= 4 is 17.3 Å². The summed E-state index contributed by atoms with van der Waals surface area (Å²) in [6, 6.07) is 14.2. The minimum atomic E-state index is -0.658. The van der Waals surface area contributed by atoms with Gasteiger partial charge in [0, 0.05) is 6.42 Å². The lowest BCUT2D eigenvalue weighted by Crippen LogP contribution is -2.47. The van der Waals surface area contributed by atoms with E-state index in [0.717, 1.165) is 16.4 Å². The predicted molar refractivity (Wildman–Crippen MR) is 93.7 cm³/mol. The molecule has 2 aromatic carbocycles. The van der Waals surface area contributed by atoms with E-state index in [2.05, 4.69) is 5.32 Å². The smallest absolute Gasteiger partial charge is 0.250 e. The number of nitrogens with zero attached hydrogens (tertiary/aromatic N) is 1. The third-order valence-electron chi connectivity index (χ3n) is 3.78. The number of hydroxylamine groups is 1. The number of para-hydroxylation sites is 2. The maximum atomic E-state index is 12.3. The van der Waals surface area contributed by atoms with Crippen molar-refractivity contribution in [3.8, 4) is 5.75 Å². The molecule has 0 fully saturated rings. The molecule has 2 aromatic rings. The third kappa shape index (κ3) is 3.51. The molecule has 126 valence electrons. The van der Waals surface area contributed by atoms with Gasteiger partial charge in [0.1, 0.15) is 17.4 Å². The van der Waals surface area contributed by atoms with E-state index >= 15 is 0 Å². The fourth-order valence-electron chi connectivity index (χ4n) is 2.72. The van der Waals surface area contributed by atoms with Crippen molar-refractivity contribution in [1.29, 1.82) is 0 Å². The first-order chi connectivity index (χ1) is 11.3. The molecular formula is C19H22N2O3. The molecule has 0 saturated heterocycles. The average molecular weight is 326 g/mol. The number of carbonyl (C=O) groups excluding carboxylic acids is 1. The number of carbonyl (C=O) groups is 1. The Balaban J connectivity index is 1.75. The van der Waals surface area contributed by atoms with E-state index in [1.54, 1.807) is 12.1 Å². The number of hydrogen-bond acceptors (Lipinski definition) is 4. The van der Waals surface area contributed by atoms with E-state index in [1.807, 2.05) is 57.2 Å². The number of hydrogen-bond donors (Lipinski definition) is 2. The van der Waals surface area contributed by atoms with Gasteiger partial charge in [-0.05, 0) is 50.6 Å². The van der Waals surface area contributed by atoms with Gasteiger partial charge in [0.15, 0.2) is 0 Å². The van der Waals surface area contributed by atoms with Crippen LogP contribution in [0, 0.1) is 0 Å². The number of anilines is 2. The van der Waals surface area contributed by atoms with Gasteiger partial charge in [-0.3, -0.25) is 10.0 Å². The Bertz CT molecular complexity index is 735. The molecule has 1 amide bonds. The molecule has 1 heterocycles. The van der Waals surface area contributed by atoms with Crippen molar-refractivity contribution in [1.82, 2.24) is 0 Å². The lowest BCUT2D eigenvalue weighted by atomic mass is 10.0. The first-order valence-corrected chi connectivity index (χ1v) is 7.99. The van der Waals surface area contributed by atoms with Crippen molar-refractivity contribution in [3.05, 3.63) is 54.1 Å². The zero-order valence-electron chi connectivity index (χ0n) is 14.1. The van der Waals surface area contributed by atoms with Crippen LogP contribution < -0.4 is 15.1 Å². The Morgan fingerprint density at radius 1 is 1.12 bits per heavy atom. The Morgan fingerprint density at radius 2 is 1.79 bits per heavy atom.